The average Bonchev–Trinajstić information content (AvgIpc) is 3.18. The van der Waals surface area contributed by atoms with E-state index in [1.807, 2.05) is 19.9 Å². The van der Waals surface area contributed by atoms with Crippen LogP contribution >= 0.6 is 0 Å². The van der Waals surface area contributed by atoms with Crippen molar-refractivity contribution in [2.75, 3.05) is 5.32 Å². The van der Waals surface area contributed by atoms with Crippen LogP contribution in [-0.4, -0.2) is 25.5 Å². The molecule has 0 spiro atoms. The molecule has 0 unspecified atom stereocenters. The number of rotatable bonds is 4. The van der Waals surface area contributed by atoms with Gasteiger partial charge in [0.25, 0.3) is 5.91 Å². The minimum absolute atomic E-state index is 0.212. The van der Waals surface area contributed by atoms with Gasteiger partial charge in [-0.3, -0.25) is 14.2 Å². The molecule has 1 amide bonds. The van der Waals surface area contributed by atoms with E-state index in [9.17, 15) is 4.79 Å². The number of carbonyl (C=O) groups excluding carboxylic acids is 1. The van der Waals surface area contributed by atoms with Crippen LogP contribution in [0.1, 0.15) is 30.2 Å². The predicted octanol–water partition coefficient (Wildman–Crippen LogP) is 2.71. The maximum atomic E-state index is 12.3. The van der Waals surface area contributed by atoms with Crippen molar-refractivity contribution in [3.05, 3.63) is 42.4 Å². The Morgan fingerprint density at radius 2 is 2.23 bits per heavy atom. The molecule has 3 rings (SSSR count). The predicted molar refractivity (Wildman–Crippen MR) is 81.5 cm³/mol. The van der Waals surface area contributed by atoms with E-state index in [0.717, 1.165) is 0 Å². The van der Waals surface area contributed by atoms with Crippen molar-refractivity contribution >= 4 is 11.7 Å². The van der Waals surface area contributed by atoms with Crippen LogP contribution in [0.25, 0.3) is 11.5 Å². The molecule has 3 heterocycles. The Balaban J connectivity index is 1.79. The quantitative estimate of drug-likeness (QED) is 0.803. The van der Waals surface area contributed by atoms with Crippen LogP contribution in [0.4, 0.5) is 5.82 Å². The van der Waals surface area contributed by atoms with Gasteiger partial charge in [0.05, 0.1) is 18.0 Å². The zero-order chi connectivity index (χ0) is 15.7. The molecule has 114 valence electrons. The minimum Gasteiger partial charge on any atom is -0.463 e. The van der Waals surface area contributed by atoms with Gasteiger partial charge in [-0.15, -0.1) is 0 Å². The standard InChI is InChI=1S/C15H17N5O2/c1-10(2)20-9-11(8-16-20)15(21)17-14-7-12(18-19(14)3)13-5-4-6-22-13/h4-10H,1-3H3,(H,17,21). The minimum atomic E-state index is -0.221. The van der Waals surface area contributed by atoms with E-state index < -0.39 is 0 Å². The second-order valence-electron chi connectivity index (χ2n) is 5.27. The molecule has 0 aliphatic rings. The summed E-state index contributed by atoms with van der Waals surface area (Å²) >= 11 is 0. The molecule has 1 N–H and O–H groups in total. The normalized spacial score (nSPS) is 11.1. The highest BCUT2D eigenvalue weighted by Crippen LogP contribution is 2.22. The van der Waals surface area contributed by atoms with Crippen molar-refractivity contribution in [3.8, 4) is 11.5 Å². The third-order valence-corrected chi connectivity index (χ3v) is 3.29. The van der Waals surface area contributed by atoms with Crippen molar-refractivity contribution in [1.29, 1.82) is 0 Å². The molecule has 3 aromatic heterocycles. The summed E-state index contributed by atoms with van der Waals surface area (Å²) in [5, 5.41) is 11.3. The second kappa shape index (κ2) is 5.51. The number of nitrogens with zero attached hydrogens (tertiary/aromatic N) is 4. The Hall–Kier alpha value is -2.83. The molecule has 22 heavy (non-hydrogen) atoms. The van der Waals surface area contributed by atoms with Crippen LogP contribution in [0.15, 0.2) is 41.3 Å². The van der Waals surface area contributed by atoms with Gasteiger partial charge in [0.2, 0.25) is 0 Å². The Labute approximate surface area is 127 Å². The Kier molecular flexibility index (Phi) is 3.54. The van der Waals surface area contributed by atoms with E-state index in [2.05, 4.69) is 15.5 Å². The third kappa shape index (κ3) is 2.65. The summed E-state index contributed by atoms with van der Waals surface area (Å²) < 4.78 is 8.65. The third-order valence-electron chi connectivity index (χ3n) is 3.29. The van der Waals surface area contributed by atoms with Crippen molar-refractivity contribution in [2.24, 2.45) is 7.05 Å². The summed E-state index contributed by atoms with van der Waals surface area (Å²) in [5.41, 5.74) is 1.18. The van der Waals surface area contributed by atoms with Gasteiger partial charge in [-0.05, 0) is 26.0 Å². The average molecular weight is 299 g/mol. The van der Waals surface area contributed by atoms with E-state index in [1.165, 1.54) is 0 Å². The van der Waals surface area contributed by atoms with Gasteiger partial charge in [0.1, 0.15) is 11.5 Å². The maximum absolute atomic E-state index is 12.3. The monoisotopic (exact) mass is 299 g/mol. The lowest BCUT2D eigenvalue weighted by Crippen LogP contribution is -2.14. The Bertz CT molecular complexity index is 783. The van der Waals surface area contributed by atoms with Crippen LogP contribution in [0.3, 0.4) is 0 Å². The highest BCUT2D eigenvalue weighted by atomic mass is 16.3. The summed E-state index contributed by atoms with van der Waals surface area (Å²) in [6, 6.07) is 5.59. The Morgan fingerprint density at radius 3 is 2.86 bits per heavy atom. The van der Waals surface area contributed by atoms with Crippen LogP contribution in [0.5, 0.6) is 0 Å². The highest BCUT2D eigenvalue weighted by molar-refractivity contribution is 6.03. The van der Waals surface area contributed by atoms with Crippen molar-refractivity contribution < 1.29 is 9.21 Å². The molecule has 0 radical (unpaired) electrons. The maximum Gasteiger partial charge on any atom is 0.259 e. The molecule has 0 saturated heterocycles. The van der Waals surface area contributed by atoms with Gasteiger partial charge in [0.15, 0.2) is 5.76 Å². The molecule has 0 bridgehead atoms. The number of hydrogen-bond donors (Lipinski definition) is 1. The first-order valence-electron chi connectivity index (χ1n) is 6.98. The summed E-state index contributed by atoms with van der Waals surface area (Å²) in [5.74, 6) is 1.03. The number of anilines is 1. The second-order valence-corrected chi connectivity index (χ2v) is 5.27. The van der Waals surface area contributed by atoms with Gasteiger partial charge in [-0.25, -0.2) is 0 Å². The molecule has 7 heteroatoms. The number of amides is 1. The van der Waals surface area contributed by atoms with Gasteiger partial charge in [-0.1, -0.05) is 0 Å². The zero-order valence-corrected chi connectivity index (χ0v) is 12.6. The summed E-state index contributed by atoms with van der Waals surface area (Å²) in [6.45, 7) is 4.01. The number of nitrogens with one attached hydrogen (secondary N) is 1. The topological polar surface area (TPSA) is 77.9 Å². The number of hydrogen-bond acceptors (Lipinski definition) is 4. The van der Waals surface area contributed by atoms with Gasteiger partial charge < -0.3 is 9.73 Å². The van der Waals surface area contributed by atoms with E-state index in [0.29, 0.717) is 22.8 Å². The van der Waals surface area contributed by atoms with Crippen LogP contribution in [0.2, 0.25) is 0 Å². The fraction of sp³-hybridized carbons (Fsp3) is 0.267. The van der Waals surface area contributed by atoms with Crippen LogP contribution < -0.4 is 5.32 Å². The molecule has 0 aromatic carbocycles. The fourth-order valence-electron chi connectivity index (χ4n) is 2.06. The highest BCUT2D eigenvalue weighted by Gasteiger charge is 2.14. The van der Waals surface area contributed by atoms with E-state index >= 15 is 0 Å². The molecule has 0 fully saturated rings. The summed E-state index contributed by atoms with van der Waals surface area (Å²) in [6.07, 6.45) is 4.87. The first-order valence-corrected chi connectivity index (χ1v) is 6.98. The van der Waals surface area contributed by atoms with Gasteiger partial charge >= 0.3 is 0 Å². The molecular weight excluding hydrogens is 282 g/mol. The van der Waals surface area contributed by atoms with Crippen molar-refractivity contribution in [2.45, 2.75) is 19.9 Å². The molecule has 0 saturated carbocycles. The van der Waals surface area contributed by atoms with E-state index in [1.54, 1.807) is 47.2 Å². The van der Waals surface area contributed by atoms with Crippen LogP contribution in [-0.2, 0) is 7.05 Å². The number of carbonyl (C=O) groups is 1. The van der Waals surface area contributed by atoms with Crippen molar-refractivity contribution in [1.82, 2.24) is 19.6 Å². The summed E-state index contributed by atoms with van der Waals surface area (Å²) in [7, 11) is 1.76. The lowest BCUT2D eigenvalue weighted by molar-refractivity contribution is 0.102. The first-order chi connectivity index (χ1) is 10.5. The van der Waals surface area contributed by atoms with Crippen LogP contribution in [0, 0.1) is 0 Å². The molecule has 3 aromatic rings. The smallest absolute Gasteiger partial charge is 0.259 e. The molecule has 7 nitrogen and oxygen atoms in total. The molecule has 0 aliphatic carbocycles. The number of aromatic nitrogens is 4. The summed E-state index contributed by atoms with van der Waals surface area (Å²) in [4.78, 5) is 12.3. The SMILES string of the molecule is CC(C)n1cc(C(=O)Nc2cc(-c3ccco3)nn2C)cn1. The Morgan fingerprint density at radius 1 is 1.41 bits per heavy atom. The zero-order valence-electron chi connectivity index (χ0n) is 12.6. The molecule has 0 atom stereocenters. The molecular formula is C15H17N5O2. The first kappa shape index (κ1) is 14.1. The lowest BCUT2D eigenvalue weighted by atomic mass is 10.3. The van der Waals surface area contributed by atoms with Crippen molar-refractivity contribution in [3.63, 3.8) is 0 Å². The van der Waals surface area contributed by atoms with E-state index in [-0.39, 0.29) is 11.9 Å². The lowest BCUT2D eigenvalue weighted by Gasteiger charge is -2.04. The molecule has 0 aliphatic heterocycles. The number of furan rings is 1. The van der Waals surface area contributed by atoms with E-state index in [4.69, 9.17) is 4.42 Å². The number of aryl methyl sites for hydroxylation is 1. The largest absolute Gasteiger partial charge is 0.463 e. The fourth-order valence-corrected chi connectivity index (χ4v) is 2.06. The van der Waals surface area contributed by atoms with Gasteiger partial charge in [-0.2, -0.15) is 10.2 Å². The van der Waals surface area contributed by atoms with Gasteiger partial charge in [0, 0.05) is 25.4 Å².